The number of rotatable bonds is 7. The highest BCUT2D eigenvalue weighted by Gasteiger charge is 2.23. The van der Waals surface area contributed by atoms with Crippen LogP contribution in [0.25, 0.3) is 0 Å². The van der Waals surface area contributed by atoms with Crippen molar-refractivity contribution >= 4 is 35.8 Å². The number of nitrogens with zero attached hydrogens (tertiary/aromatic N) is 1. The minimum atomic E-state index is -2.94. The van der Waals surface area contributed by atoms with E-state index in [2.05, 4.69) is 0 Å². The summed E-state index contributed by atoms with van der Waals surface area (Å²) in [4.78, 5) is 10.2. The molecule has 0 unspecified atom stereocenters. The number of halogens is 1. The van der Waals surface area contributed by atoms with Crippen molar-refractivity contribution in [3.05, 3.63) is 33.3 Å². The van der Waals surface area contributed by atoms with E-state index in [1.165, 1.54) is 18.2 Å². The van der Waals surface area contributed by atoms with Crippen molar-refractivity contribution in [2.75, 3.05) is 13.2 Å². The van der Waals surface area contributed by atoms with Crippen molar-refractivity contribution < 1.29 is 18.5 Å². The van der Waals surface area contributed by atoms with E-state index in [0.29, 0.717) is 13.2 Å². The van der Waals surface area contributed by atoms with Gasteiger partial charge in [-0.2, -0.15) is 0 Å². The van der Waals surface area contributed by atoms with Gasteiger partial charge in [0.25, 0.3) is 5.69 Å². The Hall–Kier alpha value is -0.720. The van der Waals surface area contributed by atoms with Gasteiger partial charge in [0, 0.05) is 11.8 Å². The lowest BCUT2D eigenvalue weighted by molar-refractivity contribution is -0.384. The zero-order chi connectivity index (χ0) is 14.5. The van der Waals surface area contributed by atoms with Crippen molar-refractivity contribution in [1.29, 1.82) is 0 Å². The lowest BCUT2D eigenvalue weighted by Crippen LogP contribution is -2.02. The van der Waals surface area contributed by atoms with E-state index < -0.39 is 11.6 Å². The number of hydrogen-bond donors (Lipinski definition) is 0. The second-order valence-corrected chi connectivity index (χ2v) is 6.59. The van der Waals surface area contributed by atoms with Crippen molar-refractivity contribution in [3.63, 3.8) is 0 Å². The summed E-state index contributed by atoms with van der Waals surface area (Å²) in [5.41, 5.74) is -0.256. The number of hydrogen-bond acceptors (Lipinski definition) is 6. The Bertz CT molecular complexity index is 503. The van der Waals surface area contributed by atoms with Crippen molar-refractivity contribution in [1.82, 2.24) is 0 Å². The van der Waals surface area contributed by atoms with Gasteiger partial charge in [-0.05, 0) is 26.0 Å². The third-order valence-corrected chi connectivity index (χ3v) is 4.66. The Morgan fingerprint density at radius 3 is 2.42 bits per heavy atom. The maximum atomic E-state index is 10.8. The lowest BCUT2D eigenvalue weighted by Gasteiger charge is -2.20. The molecule has 0 radical (unpaired) electrons. The first-order valence-electron chi connectivity index (χ1n) is 5.44. The average molecular weight is 326 g/mol. The topological polar surface area (TPSA) is 70.8 Å². The summed E-state index contributed by atoms with van der Waals surface area (Å²) < 4.78 is 16.0. The Labute approximate surface area is 121 Å². The van der Waals surface area contributed by atoms with Crippen LogP contribution in [-0.4, -0.2) is 18.1 Å². The molecule has 6 nitrogen and oxygen atoms in total. The molecule has 9 heteroatoms. The zero-order valence-corrected chi connectivity index (χ0v) is 12.8. The molecule has 0 aliphatic heterocycles. The van der Waals surface area contributed by atoms with Crippen LogP contribution in [0.3, 0.4) is 0 Å². The van der Waals surface area contributed by atoms with E-state index in [4.69, 9.17) is 37.0 Å². The monoisotopic (exact) mass is 325 g/mol. The van der Waals surface area contributed by atoms with E-state index >= 15 is 0 Å². The van der Waals surface area contributed by atoms with Crippen molar-refractivity contribution in [2.24, 2.45) is 0 Å². The summed E-state index contributed by atoms with van der Waals surface area (Å²) in [7, 11) is 0. The van der Waals surface area contributed by atoms with Crippen molar-refractivity contribution in [2.45, 2.75) is 13.8 Å². The van der Waals surface area contributed by atoms with Gasteiger partial charge in [0.15, 0.2) is 0 Å². The van der Waals surface area contributed by atoms with E-state index in [1.807, 2.05) is 0 Å². The maximum Gasteiger partial charge on any atom is 0.380 e. The van der Waals surface area contributed by atoms with E-state index in [-0.39, 0.29) is 16.5 Å². The highest BCUT2D eigenvalue weighted by molar-refractivity contribution is 8.07. The van der Waals surface area contributed by atoms with Crippen molar-refractivity contribution in [3.8, 4) is 5.75 Å². The fourth-order valence-electron chi connectivity index (χ4n) is 1.22. The molecule has 0 atom stereocenters. The molecular weight excluding hydrogens is 313 g/mol. The average Bonchev–Trinajstić information content (AvgIpc) is 2.31. The molecule has 0 N–H and O–H groups in total. The predicted octanol–water partition coefficient (Wildman–Crippen LogP) is 3.92. The summed E-state index contributed by atoms with van der Waals surface area (Å²) in [6.45, 7) is 1.23. The molecule has 0 saturated carbocycles. The molecule has 0 fully saturated rings. The summed E-state index contributed by atoms with van der Waals surface area (Å²) in [6.07, 6.45) is 0. The molecule has 0 heterocycles. The first kappa shape index (κ1) is 16.3. The Balaban J connectivity index is 3.00. The van der Waals surface area contributed by atoms with Crippen LogP contribution in [-0.2, 0) is 20.9 Å². The van der Waals surface area contributed by atoms with Crippen LogP contribution in [0.2, 0.25) is 5.02 Å². The van der Waals surface area contributed by atoms with Gasteiger partial charge in [-0.3, -0.25) is 19.2 Å². The molecule has 1 rings (SSSR count). The highest BCUT2D eigenvalue weighted by atomic mass is 35.5. The van der Waals surface area contributed by atoms with Crippen LogP contribution in [0.5, 0.6) is 5.75 Å². The normalized spacial score (nSPS) is 11.3. The zero-order valence-electron chi connectivity index (χ0n) is 10.4. The molecule has 0 aliphatic rings. The molecule has 19 heavy (non-hydrogen) atoms. The van der Waals surface area contributed by atoms with Gasteiger partial charge in [-0.15, -0.1) is 0 Å². The van der Waals surface area contributed by atoms with Crippen LogP contribution < -0.4 is 4.52 Å². The fraction of sp³-hybridized carbons (Fsp3) is 0.400. The molecule has 0 amide bonds. The van der Waals surface area contributed by atoms with Crippen LogP contribution in [0.4, 0.5) is 5.69 Å². The second-order valence-electron chi connectivity index (χ2n) is 3.24. The molecule has 0 saturated heterocycles. The minimum Gasteiger partial charge on any atom is -0.424 e. The SMILES string of the molecule is CCOP(=S)(OCC)Oc1ccc(Cl)c([N+](=O)[O-])c1. The Kier molecular flexibility index (Phi) is 6.16. The molecule has 0 aliphatic carbocycles. The van der Waals surface area contributed by atoms with Gasteiger partial charge in [0.2, 0.25) is 0 Å². The lowest BCUT2D eigenvalue weighted by atomic mass is 10.3. The standard InChI is InChI=1S/C10H13ClNO5PS/c1-3-15-18(19,16-4-2)17-8-5-6-9(11)10(7-8)12(13)14/h5-7H,3-4H2,1-2H3. The molecular formula is C10H13ClNO5PS. The fourth-order valence-corrected chi connectivity index (χ4v) is 3.49. The van der Waals surface area contributed by atoms with Crippen LogP contribution >= 0.6 is 18.3 Å². The highest BCUT2D eigenvalue weighted by Crippen LogP contribution is 2.50. The van der Waals surface area contributed by atoms with Gasteiger partial charge in [0.1, 0.15) is 10.8 Å². The van der Waals surface area contributed by atoms with E-state index in [0.717, 1.165) is 0 Å². The quantitative estimate of drug-likeness (QED) is 0.430. The van der Waals surface area contributed by atoms with E-state index in [9.17, 15) is 10.1 Å². The van der Waals surface area contributed by atoms with Gasteiger partial charge in [0.05, 0.1) is 24.2 Å². The predicted molar refractivity (Wildman–Crippen MR) is 76.3 cm³/mol. The molecule has 0 bridgehead atoms. The van der Waals surface area contributed by atoms with Crippen LogP contribution in [0, 0.1) is 10.1 Å². The molecule has 1 aromatic carbocycles. The minimum absolute atomic E-state index is 0.0264. The first-order chi connectivity index (χ1) is 8.91. The molecule has 1 aromatic rings. The Morgan fingerprint density at radius 2 is 1.95 bits per heavy atom. The van der Waals surface area contributed by atoms with Gasteiger partial charge in [-0.1, -0.05) is 11.6 Å². The third kappa shape index (κ3) is 4.71. The largest absolute Gasteiger partial charge is 0.424 e. The summed E-state index contributed by atoms with van der Waals surface area (Å²) in [6, 6.07) is 4.04. The second kappa shape index (κ2) is 7.17. The molecule has 106 valence electrons. The van der Waals surface area contributed by atoms with Crippen LogP contribution in [0.1, 0.15) is 13.8 Å². The van der Waals surface area contributed by atoms with Gasteiger partial charge < -0.3 is 4.52 Å². The number of nitro benzene ring substituents is 1. The number of nitro groups is 1. The first-order valence-corrected chi connectivity index (χ1v) is 8.38. The molecule has 0 aromatic heterocycles. The number of benzene rings is 1. The van der Waals surface area contributed by atoms with Gasteiger partial charge in [-0.25, -0.2) is 0 Å². The van der Waals surface area contributed by atoms with Gasteiger partial charge >= 0.3 is 6.72 Å². The maximum absolute atomic E-state index is 10.8. The molecule has 0 spiro atoms. The smallest absolute Gasteiger partial charge is 0.380 e. The summed E-state index contributed by atoms with van der Waals surface area (Å²) in [5, 5.41) is 10.8. The van der Waals surface area contributed by atoms with E-state index in [1.54, 1.807) is 13.8 Å². The Morgan fingerprint density at radius 1 is 1.37 bits per heavy atom. The third-order valence-electron chi connectivity index (χ3n) is 1.91. The summed E-state index contributed by atoms with van der Waals surface area (Å²) in [5.74, 6) is 0.196. The summed E-state index contributed by atoms with van der Waals surface area (Å²) >= 11 is 10.9. The van der Waals surface area contributed by atoms with Crippen LogP contribution in [0.15, 0.2) is 18.2 Å².